The third-order valence-corrected chi connectivity index (χ3v) is 3.22. The predicted octanol–water partition coefficient (Wildman–Crippen LogP) is 1.41. The molecule has 1 aliphatic heterocycles. The SMILES string of the molecule is Cc1nc(C(=O)N2CCOCC2)c2ccccc2n1. The number of aromatic nitrogens is 2. The first-order valence-electron chi connectivity index (χ1n) is 6.36. The summed E-state index contributed by atoms with van der Waals surface area (Å²) in [5.74, 6) is 0.584. The molecular weight excluding hydrogens is 242 g/mol. The molecule has 0 N–H and O–H groups in total. The second kappa shape index (κ2) is 4.93. The normalized spacial score (nSPS) is 15.7. The van der Waals surface area contributed by atoms with Crippen molar-refractivity contribution in [1.29, 1.82) is 0 Å². The van der Waals surface area contributed by atoms with Gasteiger partial charge in [0, 0.05) is 18.5 Å². The van der Waals surface area contributed by atoms with E-state index in [-0.39, 0.29) is 5.91 Å². The minimum atomic E-state index is -0.0370. The van der Waals surface area contributed by atoms with Crippen LogP contribution in [0.5, 0.6) is 0 Å². The van der Waals surface area contributed by atoms with Crippen LogP contribution in [0.2, 0.25) is 0 Å². The van der Waals surface area contributed by atoms with E-state index in [1.165, 1.54) is 0 Å². The van der Waals surface area contributed by atoms with Crippen LogP contribution in [0, 0.1) is 6.92 Å². The quantitative estimate of drug-likeness (QED) is 0.775. The zero-order valence-corrected chi connectivity index (χ0v) is 10.8. The summed E-state index contributed by atoms with van der Waals surface area (Å²) in [6.45, 7) is 4.23. The van der Waals surface area contributed by atoms with Crippen LogP contribution in [-0.4, -0.2) is 47.1 Å². The van der Waals surface area contributed by atoms with Gasteiger partial charge in [-0.2, -0.15) is 0 Å². The Morgan fingerprint density at radius 2 is 1.95 bits per heavy atom. The van der Waals surface area contributed by atoms with Crippen LogP contribution in [0.3, 0.4) is 0 Å². The Morgan fingerprint density at radius 3 is 2.74 bits per heavy atom. The highest BCUT2D eigenvalue weighted by atomic mass is 16.5. The van der Waals surface area contributed by atoms with E-state index in [4.69, 9.17) is 4.74 Å². The molecule has 1 aliphatic rings. The standard InChI is InChI=1S/C14H15N3O2/c1-10-15-12-5-3-2-4-11(12)13(16-10)14(18)17-6-8-19-9-7-17/h2-5H,6-9H2,1H3. The molecule has 1 fully saturated rings. The molecule has 0 bridgehead atoms. The van der Waals surface area contributed by atoms with Crippen molar-refractivity contribution in [2.45, 2.75) is 6.92 Å². The van der Waals surface area contributed by atoms with Gasteiger partial charge in [0.25, 0.3) is 5.91 Å². The van der Waals surface area contributed by atoms with Crippen LogP contribution in [0.15, 0.2) is 24.3 Å². The summed E-state index contributed by atoms with van der Waals surface area (Å²) < 4.78 is 5.27. The molecule has 1 amide bonds. The molecule has 19 heavy (non-hydrogen) atoms. The lowest BCUT2D eigenvalue weighted by atomic mass is 10.1. The molecule has 0 spiro atoms. The minimum absolute atomic E-state index is 0.0370. The molecule has 3 rings (SSSR count). The third-order valence-electron chi connectivity index (χ3n) is 3.22. The van der Waals surface area contributed by atoms with Crippen molar-refractivity contribution in [3.63, 3.8) is 0 Å². The second-order valence-electron chi connectivity index (χ2n) is 4.54. The maximum atomic E-state index is 12.5. The fourth-order valence-electron chi connectivity index (χ4n) is 2.27. The molecule has 98 valence electrons. The van der Waals surface area contributed by atoms with Crippen molar-refractivity contribution in [3.05, 3.63) is 35.8 Å². The number of amides is 1. The molecular formula is C14H15N3O2. The van der Waals surface area contributed by atoms with Gasteiger partial charge in [0.1, 0.15) is 11.5 Å². The van der Waals surface area contributed by atoms with Crippen LogP contribution in [-0.2, 0) is 4.74 Å². The van der Waals surface area contributed by atoms with Crippen molar-refractivity contribution >= 4 is 16.8 Å². The summed E-state index contributed by atoms with van der Waals surface area (Å²) in [5.41, 5.74) is 1.30. The zero-order valence-electron chi connectivity index (χ0n) is 10.8. The molecule has 0 aliphatic carbocycles. The number of benzene rings is 1. The number of ether oxygens (including phenoxy) is 1. The van der Waals surface area contributed by atoms with Crippen LogP contribution >= 0.6 is 0 Å². The van der Waals surface area contributed by atoms with Crippen molar-refractivity contribution in [3.8, 4) is 0 Å². The van der Waals surface area contributed by atoms with Gasteiger partial charge in [0.15, 0.2) is 0 Å². The molecule has 5 heteroatoms. The van der Waals surface area contributed by atoms with Crippen molar-refractivity contribution in [2.24, 2.45) is 0 Å². The molecule has 1 aromatic carbocycles. The molecule has 2 aromatic rings. The van der Waals surface area contributed by atoms with E-state index in [0.29, 0.717) is 37.8 Å². The van der Waals surface area contributed by atoms with Gasteiger partial charge in [-0.3, -0.25) is 4.79 Å². The number of para-hydroxylation sites is 1. The average molecular weight is 257 g/mol. The first-order chi connectivity index (χ1) is 9.25. The third kappa shape index (κ3) is 2.29. The summed E-state index contributed by atoms with van der Waals surface area (Å²) in [6, 6.07) is 7.61. The molecule has 0 unspecified atom stereocenters. The van der Waals surface area contributed by atoms with E-state index < -0.39 is 0 Å². The Bertz CT molecular complexity index is 621. The smallest absolute Gasteiger partial charge is 0.273 e. The molecule has 2 heterocycles. The van der Waals surface area contributed by atoms with Crippen molar-refractivity contribution in [2.75, 3.05) is 26.3 Å². The molecule has 1 saturated heterocycles. The van der Waals surface area contributed by atoms with Crippen LogP contribution in [0.1, 0.15) is 16.3 Å². The first kappa shape index (κ1) is 12.0. The van der Waals surface area contributed by atoms with Gasteiger partial charge in [0.05, 0.1) is 18.7 Å². The average Bonchev–Trinajstić information content (AvgIpc) is 2.46. The highest BCUT2D eigenvalue weighted by molar-refractivity contribution is 6.04. The Hall–Kier alpha value is -2.01. The highest BCUT2D eigenvalue weighted by Crippen LogP contribution is 2.17. The number of carbonyl (C=O) groups is 1. The fourth-order valence-corrected chi connectivity index (χ4v) is 2.27. The number of carbonyl (C=O) groups excluding carboxylic acids is 1. The maximum absolute atomic E-state index is 12.5. The Morgan fingerprint density at radius 1 is 1.21 bits per heavy atom. The number of nitrogens with zero attached hydrogens (tertiary/aromatic N) is 3. The monoisotopic (exact) mass is 257 g/mol. The molecule has 5 nitrogen and oxygen atoms in total. The lowest BCUT2D eigenvalue weighted by Crippen LogP contribution is -2.41. The van der Waals surface area contributed by atoms with E-state index in [1.807, 2.05) is 31.2 Å². The Kier molecular flexibility index (Phi) is 3.13. The van der Waals surface area contributed by atoms with E-state index in [0.717, 1.165) is 10.9 Å². The van der Waals surface area contributed by atoms with E-state index >= 15 is 0 Å². The lowest BCUT2D eigenvalue weighted by molar-refractivity contribution is 0.0300. The second-order valence-corrected chi connectivity index (χ2v) is 4.54. The molecule has 0 saturated carbocycles. The maximum Gasteiger partial charge on any atom is 0.273 e. The Balaban J connectivity index is 2.05. The number of hydrogen-bond donors (Lipinski definition) is 0. The minimum Gasteiger partial charge on any atom is -0.378 e. The summed E-state index contributed by atoms with van der Waals surface area (Å²) >= 11 is 0. The summed E-state index contributed by atoms with van der Waals surface area (Å²) in [6.07, 6.45) is 0. The summed E-state index contributed by atoms with van der Waals surface area (Å²) in [4.78, 5) is 23.0. The van der Waals surface area contributed by atoms with E-state index in [2.05, 4.69) is 9.97 Å². The topological polar surface area (TPSA) is 55.3 Å². The molecule has 0 atom stereocenters. The molecule has 1 aromatic heterocycles. The van der Waals surface area contributed by atoms with Gasteiger partial charge in [-0.05, 0) is 13.0 Å². The lowest BCUT2D eigenvalue weighted by Gasteiger charge is -2.26. The zero-order chi connectivity index (χ0) is 13.2. The number of morpholine rings is 1. The molecule has 0 radical (unpaired) electrons. The van der Waals surface area contributed by atoms with Gasteiger partial charge in [-0.15, -0.1) is 0 Å². The van der Waals surface area contributed by atoms with Crippen LogP contribution < -0.4 is 0 Å². The van der Waals surface area contributed by atoms with E-state index in [9.17, 15) is 4.79 Å². The van der Waals surface area contributed by atoms with Crippen molar-refractivity contribution in [1.82, 2.24) is 14.9 Å². The first-order valence-corrected chi connectivity index (χ1v) is 6.36. The number of hydrogen-bond acceptors (Lipinski definition) is 4. The predicted molar refractivity (Wildman–Crippen MR) is 71.0 cm³/mol. The van der Waals surface area contributed by atoms with Crippen LogP contribution in [0.4, 0.5) is 0 Å². The van der Waals surface area contributed by atoms with Gasteiger partial charge in [-0.1, -0.05) is 18.2 Å². The largest absolute Gasteiger partial charge is 0.378 e. The van der Waals surface area contributed by atoms with E-state index in [1.54, 1.807) is 4.90 Å². The summed E-state index contributed by atoms with van der Waals surface area (Å²) in [7, 11) is 0. The number of aryl methyl sites for hydroxylation is 1. The Labute approximate surface area is 111 Å². The van der Waals surface area contributed by atoms with Gasteiger partial charge >= 0.3 is 0 Å². The van der Waals surface area contributed by atoms with Gasteiger partial charge < -0.3 is 9.64 Å². The van der Waals surface area contributed by atoms with Crippen molar-refractivity contribution < 1.29 is 9.53 Å². The van der Waals surface area contributed by atoms with Gasteiger partial charge in [0.2, 0.25) is 0 Å². The van der Waals surface area contributed by atoms with Gasteiger partial charge in [-0.25, -0.2) is 9.97 Å². The highest BCUT2D eigenvalue weighted by Gasteiger charge is 2.22. The number of rotatable bonds is 1. The fraction of sp³-hybridized carbons (Fsp3) is 0.357. The summed E-state index contributed by atoms with van der Waals surface area (Å²) in [5, 5.41) is 0.810. The van der Waals surface area contributed by atoms with Crippen LogP contribution in [0.25, 0.3) is 10.9 Å². The number of fused-ring (bicyclic) bond motifs is 1.